The molecule has 0 radical (unpaired) electrons. The van der Waals surface area contributed by atoms with E-state index in [0.717, 1.165) is 0 Å². The van der Waals surface area contributed by atoms with Crippen LogP contribution >= 0.6 is 15.9 Å². The van der Waals surface area contributed by atoms with Crippen molar-refractivity contribution < 1.29 is 4.39 Å². The molecule has 0 aliphatic carbocycles. The highest BCUT2D eigenvalue weighted by atomic mass is 79.9. The van der Waals surface area contributed by atoms with E-state index in [1.165, 1.54) is 16.8 Å². The molecule has 106 valence electrons. The minimum absolute atomic E-state index is 0.354. The molecule has 1 aromatic heterocycles. The normalized spacial score (nSPS) is 10.8. The number of hydrogen-bond donors (Lipinski definition) is 2. The maximum atomic E-state index is 13.2. The molecular formula is C13H10BrFN6. The van der Waals surface area contributed by atoms with Crippen LogP contribution in [0.4, 0.5) is 15.8 Å². The second-order valence-corrected chi connectivity index (χ2v) is 5.21. The molecule has 0 unspecified atom stereocenters. The molecule has 3 aromatic rings. The van der Waals surface area contributed by atoms with Gasteiger partial charge in [-0.15, -0.1) is 5.10 Å². The Hall–Kier alpha value is -2.48. The number of tetrazole rings is 1. The van der Waals surface area contributed by atoms with Crippen LogP contribution in [0.3, 0.4) is 0 Å². The first-order chi connectivity index (χ1) is 10.1. The number of aromatic nitrogens is 4. The summed E-state index contributed by atoms with van der Waals surface area (Å²) in [5.74, 6) is 0.0899. The molecule has 0 atom stereocenters. The summed E-state index contributed by atoms with van der Waals surface area (Å²) in [5.41, 5.74) is 13.9. The summed E-state index contributed by atoms with van der Waals surface area (Å²) in [4.78, 5) is 0. The first-order valence-electron chi connectivity index (χ1n) is 5.95. The predicted molar refractivity (Wildman–Crippen MR) is 81.1 cm³/mol. The minimum atomic E-state index is -0.354. The summed E-state index contributed by atoms with van der Waals surface area (Å²) in [6, 6.07) is 9.33. The van der Waals surface area contributed by atoms with Gasteiger partial charge in [0.2, 0.25) is 0 Å². The fraction of sp³-hybridized carbons (Fsp3) is 0. The maximum Gasteiger partial charge on any atom is 0.189 e. The van der Waals surface area contributed by atoms with Gasteiger partial charge in [0.05, 0.1) is 5.69 Å². The van der Waals surface area contributed by atoms with Crippen molar-refractivity contribution in [3.05, 3.63) is 46.7 Å². The lowest BCUT2D eigenvalue weighted by Gasteiger charge is -2.09. The van der Waals surface area contributed by atoms with E-state index in [4.69, 9.17) is 11.5 Å². The zero-order valence-electron chi connectivity index (χ0n) is 10.7. The molecule has 0 amide bonds. The fourth-order valence-electron chi connectivity index (χ4n) is 1.96. The van der Waals surface area contributed by atoms with E-state index < -0.39 is 0 Å². The van der Waals surface area contributed by atoms with Gasteiger partial charge in [-0.3, -0.25) is 0 Å². The first-order valence-corrected chi connectivity index (χ1v) is 6.75. The molecular weight excluding hydrogens is 339 g/mol. The molecule has 2 aromatic carbocycles. The van der Waals surface area contributed by atoms with Crippen molar-refractivity contribution in [2.45, 2.75) is 0 Å². The van der Waals surface area contributed by atoms with Gasteiger partial charge >= 0.3 is 0 Å². The number of rotatable bonds is 2. The molecule has 0 aliphatic heterocycles. The van der Waals surface area contributed by atoms with Crippen LogP contribution in [0.5, 0.6) is 0 Å². The van der Waals surface area contributed by atoms with Crippen molar-refractivity contribution in [2.75, 3.05) is 11.5 Å². The zero-order valence-corrected chi connectivity index (χ0v) is 12.2. The third kappa shape index (κ3) is 2.45. The summed E-state index contributed by atoms with van der Waals surface area (Å²) in [6.07, 6.45) is 0. The monoisotopic (exact) mass is 348 g/mol. The Bertz CT molecular complexity index is 750. The van der Waals surface area contributed by atoms with Crippen LogP contribution in [0.25, 0.3) is 17.1 Å². The number of anilines is 2. The molecule has 3 rings (SSSR count). The molecule has 4 N–H and O–H groups in total. The van der Waals surface area contributed by atoms with Crippen LogP contribution in [0.15, 0.2) is 40.9 Å². The van der Waals surface area contributed by atoms with Gasteiger partial charge < -0.3 is 11.5 Å². The largest absolute Gasteiger partial charge is 0.399 e. The van der Waals surface area contributed by atoms with Gasteiger partial charge in [0, 0.05) is 21.4 Å². The highest BCUT2D eigenvalue weighted by molar-refractivity contribution is 9.10. The number of hydrogen-bond acceptors (Lipinski definition) is 5. The summed E-state index contributed by atoms with van der Waals surface area (Å²) < 4.78 is 15.2. The van der Waals surface area contributed by atoms with E-state index in [9.17, 15) is 4.39 Å². The third-order valence-electron chi connectivity index (χ3n) is 2.92. The Morgan fingerprint density at radius 3 is 2.62 bits per heavy atom. The van der Waals surface area contributed by atoms with Gasteiger partial charge in [0.25, 0.3) is 0 Å². The van der Waals surface area contributed by atoms with Crippen LogP contribution in [0, 0.1) is 5.82 Å². The van der Waals surface area contributed by atoms with E-state index in [1.54, 1.807) is 24.3 Å². The molecule has 6 nitrogen and oxygen atoms in total. The lowest BCUT2D eigenvalue weighted by molar-refractivity contribution is 0.625. The zero-order chi connectivity index (χ0) is 15.0. The van der Waals surface area contributed by atoms with Gasteiger partial charge in [-0.05, 0) is 62.8 Å². The highest BCUT2D eigenvalue weighted by Gasteiger charge is 2.15. The van der Waals surface area contributed by atoms with Gasteiger partial charge in [-0.1, -0.05) is 0 Å². The number of nitrogens with zero attached hydrogens (tertiary/aromatic N) is 4. The molecule has 8 heteroatoms. The van der Waals surface area contributed by atoms with Crippen molar-refractivity contribution in [3.8, 4) is 17.1 Å². The summed E-state index contributed by atoms with van der Waals surface area (Å²) in [6.45, 7) is 0. The standard InChI is InChI=1S/C13H10BrFN6/c14-10-5-7(15)1-4-12(10)21-13(18-19-20-21)9-3-2-8(16)6-11(9)17/h1-6H,16-17H2. The first kappa shape index (κ1) is 13.5. The Balaban J connectivity index is 2.17. The number of nitrogen functional groups attached to an aromatic ring is 2. The van der Waals surface area contributed by atoms with Crippen molar-refractivity contribution in [1.29, 1.82) is 0 Å². The van der Waals surface area contributed by atoms with Gasteiger partial charge in [0.1, 0.15) is 5.82 Å². The molecule has 0 aliphatic rings. The number of benzene rings is 2. The number of nitrogens with two attached hydrogens (primary N) is 2. The Morgan fingerprint density at radius 1 is 1.10 bits per heavy atom. The number of halogens is 2. The molecule has 1 heterocycles. The van der Waals surface area contributed by atoms with E-state index in [2.05, 4.69) is 31.5 Å². The Morgan fingerprint density at radius 2 is 1.90 bits per heavy atom. The maximum absolute atomic E-state index is 13.2. The van der Waals surface area contributed by atoms with E-state index in [0.29, 0.717) is 32.9 Å². The lowest BCUT2D eigenvalue weighted by atomic mass is 10.1. The van der Waals surface area contributed by atoms with Crippen molar-refractivity contribution in [1.82, 2.24) is 20.2 Å². The fourth-order valence-corrected chi connectivity index (χ4v) is 2.47. The quantitative estimate of drug-likeness (QED) is 0.693. The van der Waals surface area contributed by atoms with Crippen molar-refractivity contribution in [2.24, 2.45) is 0 Å². The van der Waals surface area contributed by atoms with E-state index >= 15 is 0 Å². The smallest absolute Gasteiger partial charge is 0.189 e. The summed E-state index contributed by atoms with van der Waals surface area (Å²) in [5, 5.41) is 11.6. The van der Waals surface area contributed by atoms with Crippen LogP contribution in [0.2, 0.25) is 0 Å². The molecule has 0 spiro atoms. The van der Waals surface area contributed by atoms with Crippen LogP contribution in [-0.4, -0.2) is 20.2 Å². The SMILES string of the molecule is Nc1ccc(-c2nnnn2-c2ccc(F)cc2Br)c(N)c1. The van der Waals surface area contributed by atoms with E-state index in [-0.39, 0.29) is 5.82 Å². The molecule has 21 heavy (non-hydrogen) atoms. The summed E-state index contributed by atoms with van der Waals surface area (Å²) in [7, 11) is 0. The third-order valence-corrected chi connectivity index (χ3v) is 3.56. The van der Waals surface area contributed by atoms with Gasteiger partial charge in [-0.25, -0.2) is 4.39 Å². The van der Waals surface area contributed by atoms with Gasteiger partial charge in [-0.2, -0.15) is 4.68 Å². The average molecular weight is 349 g/mol. The van der Waals surface area contributed by atoms with Crippen LogP contribution in [0.1, 0.15) is 0 Å². The summed E-state index contributed by atoms with van der Waals surface area (Å²) >= 11 is 3.30. The Labute approximate surface area is 127 Å². The minimum Gasteiger partial charge on any atom is -0.399 e. The molecule has 0 saturated carbocycles. The van der Waals surface area contributed by atoms with E-state index in [1.807, 2.05) is 0 Å². The van der Waals surface area contributed by atoms with Crippen molar-refractivity contribution >= 4 is 27.3 Å². The van der Waals surface area contributed by atoms with Crippen molar-refractivity contribution in [3.63, 3.8) is 0 Å². The second kappa shape index (κ2) is 5.13. The molecule has 0 bridgehead atoms. The molecule has 0 fully saturated rings. The van der Waals surface area contributed by atoms with Crippen LogP contribution < -0.4 is 11.5 Å². The highest BCUT2D eigenvalue weighted by Crippen LogP contribution is 2.29. The Kier molecular flexibility index (Phi) is 3.30. The predicted octanol–water partition coefficient (Wildman–Crippen LogP) is 2.40. The second-order valence-electron chi connectivity index (χ2n) is 4.36. The topological polar surface area (TPSA) is 95.6 Å². The average Bonchev–Trinajstić information content (AvgIpc) is 2.87. The van der Waals surface area contributed by atoms with Crippen LogP contribution in [-0.2, 0) is 0 Å². The lowest BCUT2D eigenvalue weighted by Crippen LogP contribution is -2.03. The van der Waals surface area contributed by atoms with Gasteiger partial charge in [0.15, 0.2) is 5.82 Å². The molecule has 0 saturated heterocycles.